The first kappa shape index (κ1) is 15.5. The molecule has 0 saturated carbocycles. The summed E-state index contributed by atoms with van der Waals surface area (Å²) in [5.74, 6) is 0.639. The third-order valence-corrected chi connectivity index (χ3v) is 6.87. The summed E-state index contributed by atoms with van der Waals surface area (Å²) in [6, 6.07) is 0. The maximum absolute atomic E-state index is 12.6. The van der Waals surface area contributed by atoms with Crippen LogP contribution in [0.1, 0.15) is 35.3 Å². The number of thiazole rings is 1. The minimum absolute atomic E-state index is 0.247. The molecule has 0 spiro atoms. The summed E-state index contributed by atoms with van der Waals surface area (Å²) in [5.41, 5.74) is 2.17. The van der Waals surface area contributed by atoms with E-state index in [1.165, 1.54) is 16.2 Å². The molecule has 1 aliphatic carbocycles. The predicted molar refractivity (Wildman–Crippen MR) is 86.8 cm³/mol. The van der Waals surface area contributed by atoms with Crippen molar-refractivity contribution in [2.45, 2.75) is 44.9 Å². The van der Waals surface area contributed by atoms with E-state index in [0.717, 1.165) is 25.0 Å². The Hall–Kier alpha value is -1.41. The molecule has 1 N–H and O–H groups in total. The normalized spacial score (nSPS) is 18.3. The molecule has 2 aromatic heterocycles. The van der Waals surface area contributed by atoms with Crippen molar-refractivity contribution in [2.75, 3.05) is 4.72 Å². The van der Waals surface area contributed by atoms with Gasteiger partial charge in [-0.05, 0) is 39.0 Å². The average molecular weight is 340 g/mol. The molecule has 1 aliphatic rings. The van der Waals surface area contributed by atoms with Gasteiger partial charge in [-0.3, -0.25) is 9.40 Å². The minimum atomic E-state index is -3.65. The van der Waals surface area contributed by atoms with Crippen molar-refractivity contribution in [3.05, 3.63) is 22.0 Å². The summed E-state index contributed by atoms with van der Waals surface area (Å²) in [6.07, 6.45) is 3.03. The molecule has 0 radical (unpaired) electrons. The van der Waals surface area contributed by atoms with Crippen LogP contribution in [0.3, 0.4) is 0 Å². The van der Waals surface area contributed by atoms with E-state index in [1.54, 1.807) is 25.6 Å². The van der Waals surface area contributed by atoms with Crippen LogP contribution >= 0.6 is 11.3 Å². The second kappa shape index (κ2) is 5.34. The first-order chi connectivity index (χ1) is 10.3. The van der Waals surface area contributed by atoms with Crippen LogP contribution < -0.4 is 4.72 Å². The second-order valence-electron chi connectivity index (χ2n) is 5.97. The molecule has 6 nitrogen and oxygen atoms in total. The van der Waals surface area contributed by atoms with Crippen LogP contribution in [-0.4, -0.2) is 23.2 Å². The Labute approximate surface area is 134 Å². The Bertz CT molecular complexity index is 820. The summed E-state index contributed by atoms with van der Waals surface area (Å²) < 4.78 is 29.5. The number of nitrogens with one attached hydrogen (secondary N) is 1. The van der Waals surface area contributed by atoms with Crippen molar-refractivity contribution in [3.8, 4) is 0 Å². The molecule has 0 saturated heterocycles. The Balaban J connectivity index is 1.92. The van der Waals surface area contributed by atoms with E-state index in [2.05, 4.69) is 21.7 Å². The van der Waals surface area contributed by atoms with Crippen LogP contribution in [0.15, 0.2) is 4.90 Å². The van der Waals surface area contributed by atoms with Crippen molar-refractivity contribution in [1.29, 1.82) is 0 Å². The number of nitrogens with zero attached hydrogens (tertiary/aromatic N) is 3. The molecule has 0 aromatic carbocycles. The van der Waals surface area contributed by atoms with Crippen LogP contribution in [0.25, 0.3) is 0 Å². The highest BCUT2D eigenvalue weighted by molar-refractivity contribution is 7.93. The molecule has 3 rings (SSSR count). The van der Waals surface area contributed by atoms with E-state index in [4.69, 9.17) is 0 Å². The molecule has 0 aliphatic heterocycles. The van der Waals surface area contributed by atoms with E-state index >= 15 is 0 Å². The molecule has 22 heavy (non-hydrogen) atoms. The quantitative estimate of drug-likeness (QED) is 0.931. The summed E-state index contributed by atoms with van der Waals surface area (Å²) in [4.78, 5) is 5.91. The fraction of sp³-hybridized carbons (Fsp3) is 0.571. The first-order valence-electron chi connectivity index (χ1n) is 7.29. The average Bonchev–Trinajstić information content (AvgIpc) is 2.89. The lowest BCUT2D eigenvalue weighted by molar-refractivity contribution is 0.502. The number of aryl methyl sites for hydroxylation is 3. The highest BCUT2D eigenvalue weighted by Crippen LogP contribution is 2.33. The predicted octanol–water partition coefficient (Wildman–Crippen LogP) is 2.42. The lowest BCUT2D eigenvalue weighted by Crippen LogP contribution is -2.15. The lowest BCUT2D eigenvalue weighted by atomic mass is 9.93. The van der Waals surface area contributed by atoms with Crippen LogP contribution in [0.4, 0.5) is 5.13 Å². The van der Waals surface area contributed by atoms with Crippen molar-refractivity contribution in [1.82, 2.24) is 14.8 Å². The van der Waals surface area contributed by atoms with Gasteiger partial charge in [0.2, 0.25) is 0 Å². The Morgan fingerprint density at radius 1 is 1.36 bits per heavy atom. The second-order valence-corrected chi connectivity index (χ2v) is 8.67. The standard InChI is InChI=1S/C14H20N4O2S2/c1-8-5-6-11-12(7-8)21-14(15-11)17-22(19,20)13-9(2)16-18(4)10(13)3/h8H,5-7H2,1-4H3,(H,15,17). The van der Waals surface area contributed by atoms with Crippen molar-refractivity contribution < 1.29 is 8.42 Å². The maximum atomic E-state index is 12.6. The van der Waals surface area contributed by atoms with Gasteiger partial charge in [-0.25, -0.2) is 13.4 Å². The summed E-state index contributed by atoms with van der Waals surface area (Å²) in [7, 11) is -1.91. The summed E-state index contributed by atoms with van der Waals surface area (Å²) in [5, 5.41) is 4.63. The first-order valence-corrected chi connectivity index (χ1v) is 9.59. The molecule has 0 amide bonds. The fourth-order valence-corrected chi connectivity index (χ4v) is 5.74. The minimum Gasteiger partial charge on any atom is -0.271 e. The molecule has 8 heteroatoms. The van der Waals surface area contributed by atoms with Gasteiger partial charge in [0.15, 0.2) is 5.13 Å². The largest absolute Gasteiger partial charge is 0.271 e. The number of hydrogen-bond acceptors (Lipinski definition) is 5. The van der Waals surface area contributed by atoms with Gasteiger partial charge in [-0.1, -0.05) is 6.92 Å². The van der Waals surface area contributed by atoms with Crippen LogP contribution in [0.5, 0.6) is 0 Å². The Morgan fingerprint density at radius 3 is 2.73 bits per heavy atom. The number of aromatic nitrogens is 3. The van der Waals surface area contributed by atoms with Gasteiger partial charge in [0.25, 0.3) is 10.0 Å². The molecule has 1 atom stereocenters. The zero-order valence-electron chi connectivity index (χ0n) is 13.2. The number of hydrogen-bond donors (Lipinski definition) is 1. The van der Waals surface area contributed by atoms with Gasteiger partial charge >= 0.3 is 0 Å². The third kappa shape index (κ3) is 2.65. The molecule has 1 unspecified atom stereocenters. The zero-order chi connectivity index (χ0) is 16.1. The molecule has 0 bridgehead atoms. The van der Waals surface area contributed by atoms with Gasteiger partial charge in [0.05, 0.1) is 17.1 Å². The number of sulfonamides is 1. The smallest absolute Gasteiger partial charge is 0.267 e. The van der Waals surface area contributed by atoms with Gasteiger partial charge in [0, 0.05) is 11.9 Å². The van der Waals surface area contributed by atoms with Crippen molar-refractivity contribution in [3.63, 3.8) is 0 Å². The van der Waals surface area contributed by atoms with Gasteiger partial charge in [-0.15, -0.1) is 11.3 Å². The van der Waals surface area contributed by atoms with Crippen LogP contribution in [-0.2, 0) is 29.9 Å². The van der Waals surface area contributed by atoms with E-state index in [9.17, 15) is 8.42 Å². The van der Waals surface area contributed by atoms with Gasteiger partial charge in [0.1, 0.15) is 4.90 Å². The SMILES string of the molecule is Cc1nn(C)c(C)c1S(=O)(=O)Nc1nc2c(s1)CC(C)CC2. The molecular formula is C14H20N4O2S2. The Kier molecular flexibility index (Phi) is 3.76. The fourth-order valence-electron chi connectivity index (χ4n) is 2.89. The van der Waals surface area contributed by atoms with Gasteiger partial charge < -0.3 is 0 Å². The monoisotopic (exact) mass is 340 g/mol. The molecule has 0 fully saturated rings. The maximum Gasteiger partial charge on any atom is 0.267 e. The van der Waals surface area contributed by atoms with E-state index in [0.29, 0.717) is 22.4 Å². The Morgan fingerprint density at radius 2 is 2.09 bits per heavy atom. The molecular weight excluding hydrogens is 320 g/mol. The number of rotatable bonds is 3. The van der Waals surface area contributed by atoms with Crippen molar-refractivity contribution in [2.24, 2.45) is 13.0 Å². The topological polar surface area (TPSA) is 76.9 Å². The number of fused-ring (bicyclic) bond motifs is 1. The molecule has 2 heterocycles. The third-order valence-electron chi connectivity index (χ3n) is 4.12. The van der Waals surface area contributed by atoms with Crippen LogP contribution in [0.2, 0.25) is 0 Å². The summed E-state index contributed by atoms with van der Waals surface area (Å²) in [6.45, 7) is 5.67. The zero-order valence-corrected chi connectivity index (χ0v) is 14.8. The van der Waals surface area contributed by atoms with Crippen molar-refractivity contribution >= 4 is 26.5 Å². The van der Waals surface area contributed by atoms with E-state index in [1.807, 2.05) is 0 Å². The van der Waals surface area contributed by atoms with E-state index in [-0.39, 0.29) is 4.90 Å². The number of anilines is 1. The molecule has 120 valence electrons. The van der Waals surface area contributed by atoms with E-state index < -0.39 is 10.0 Å². The molecule has 2 aromatic rings. The van der Waals surface area contributed by atoms with Crippen LogP contribution in [0, 0.1) is 19.8 Å². The summed E-state index contributed by atoms with van der Waals surface area (Å²) >= 11 is 1.45. The van der Waals surface area contributed by atoms with Gasteiger partial charge in [-0.2, -0.15) is 5.10 Å². The highest BCUT2D eigenvalue weighted by Gasteiger charge is 2.26. The highest BCUT2D eigenvalue weighted by atomic mass is 32.2. The lowest BCUT2D eigenvalue weighted by Gasteiger charge is -2.15.